The molecule has 146 valence electrons. The van der Waals surface area contributed by atoms with Crippen LogP contribution in [0.4, 0.5) is 5.69 Å². The van der Waals surface area contributed by atoms with Gasteiger partial charge in [0.2, 0.25) is 0 Å². The van der Waals surface area contributed by atoms with Crippen LogP contribution in [0, 0.1) is 0 Å². The Morgan fingerprint density at radius 1 is 0.690 bits per heavy atom. The molecule has 0 unspecified atom stereocenters. The van der Waals surface area contributed by atoms with Gasteiger partial charge in [0.25, 0.3) is 17.7 Å². The molecule has 0 atom stereocenters. The Hall–Kier alpha value is -3.16. The van der Waals surface area contributed by atoms with Crippen LogP contribution in [0.15, 0.2) is 77.3 Å². The van der Waals surface area contributed by atoms with Crippen molar-refractivity contribution in [1.82, 2.24) is 10.9 Å². The average molecular weight is 473 g/mol. The van der Waals surface area contributed by atoms with Gasteiger partial charge in [0, 0.05) is 20.6 Å². The molecule has 3 rings (SSSR count). The summed E-state index contributed by atoms with van der Waals surface area (Å²) in [4.78, 5) is 37.1. The number of halogens is 2. The third-order valence-electron chi connectivity index (χ3n) is 3.92. The summed E-state index contributed by atoms with van der Waals surface area (Å²) in [5, 5.41) is 3.21. The summed E-state index contributed by atoms with van der Waals surface area (Å²) in [5.74, 6) is -1.42. The predicted molar refractivity (Wildman–Crippen MR) is 115 cm³/mol. The number of amides is 3. The number of rotatable bonds is 4. The van der Waals surface area contributed by atoms with Crippen LogP contribution in [-0.4, -0.2) is 17.7 Å². The lowest BCUT2D eigenvalue weighted by molar-refractivity contribution is 0.0847. The quantitative estimate of drug-likeness (QED) is 0.491. The molecule has 0 bridgehead atoms. The zero-order valence-corrected chi connectivity index (χ0v) is 17.3. The second-order valence-corrected chi connectivity index (χ2v) is 7.27. The molecule has 0 aromatic heterocycles. The summed E-state index contributed by atoms with van der Waals surface area (Å²) in [6.45, 7) is 0. The Labute approximate surface area is 180 Å². The first kappa shape index (κ1) is 20.6. The SMILES string of the molecule is O=C(NNC(=O)c1ccccc1NC(=O)c1ccc(Cl)cc1)c1ccc(Br)cc1. The molecule has 0 saturated carbocycles. The summed E-state index contributed by atoms with van der Waals surface area (Å²) in [5.41, 5.74) is 6.00. The van der Waals surface area contributed by atoms with Crippen molar-refractivity contribution in [2.24, 2.45) is 0 Å². The molecule has 8 heteroatoms. The molecule has 3 aromatic rings. The molecule has 0 radical (unpaired) electrons. The number of hydrazine groups is 1. The van der Waals surface area contributed by atoms with Crippen LogP contribution in [0.2, 0.25) is 5.02 Å². The number of para-hydroxylation sites is 1. The van der Waals surface area contributed by atoms with Crippen molar-refractivity contribution >= 4 is 50.9 Å². The number of anilines is 1. The lowest BCUT2D eigenvalue weighted by atomic mass is 10.1. The van der Waals surface area contributed by atoms with E-state index in [1.165, 1.54) is 0 Å². The number of carbonyl (C=O) groups excluding carboxylic acids is 3. The van der Waals surface area contributed by atoms with E-state index in [0.717, 1.165) is 4.47 Å². The second kappa shape index (κ2) is 9.36. The van der Waals surface area contributed by atoms with Gasteiger partial charge in [-0.2, -0.15) is 0 Å². The van der Waals surface area contributed by atoms with E-state index >= 15 is 0 Å². The smallest absolute Gasteiger partial charge is 0.271 e. The molecule has 3 N–H and O–H groups in total. The fraction of sp³-hybridized carbons (Fsp3) is 0. The summed E-state index contributed by atoms with van der Waals surface area (Å²) in [7, 11) is 0. The molecule has 0 fully saturated rings. The van der Waals surface area contributed by atoms with Crippen molar-refractivity contribution in [3.05, 3.63) is 99.0 Å². The summed E-state index contributed by atoms with van der Waals surface area (Å²) in [6.07, 6.45) is 0. The summed E-state index contributed by atoms with van der Waals surface area (Å²) >= 11 is 9.13. The fourth-order valence-electron chi connectivity index (χ4n) is 2.44. The van der Waals surface area contributed by atoms with E-state index in [4.69, 9.17) is 11.6 Å². The van der Waals surface area contributed by atoms with Gasteiger partial charge in [-0.15, -0.1) is 0 Å². The zero-order chi connectivity index (χ0) is 20.8. The molecular formula is C21H15BrClN3O3. The normalized spacial score (nSPS) is 10.1. The van der Waals surface area contributed by atoms with Gasteiger partial charge in [-0.1, -0.05) is 39.7 Å². The van der Waals surface area contributed by atoms with E-state index in [2.05, 4.69) is 32.1 Å². The molecule has 0 aliphatic heterocycles. The maximum Gasteiger partial charge on any atom is 0.271 e. The van der Waals surface area contributed by atoms with Crippen molar-refractivity contribution in [2.45, 2.75) is 0 Å². The average Bonchev–Trinajstić information content (AvgIpc) is 2.73. The van der Waals surface area contributed by atoms with Gasteiger partial charge in [0.05, 0.1) is 11.3 Å². The van der Waals surface area contributed by atoms with Crippen LogP contribution < -0.4 is 16.2 Å². The molecule has 29 heavy (non-hydrogen) atoms. The first-order chi connectivity index (χ1) is 13.9. The van der Waals surface area contributed by atoms with E-state index in [1.54, 1.807) is 72.8 Å². The van der Waals surface area contributed by atoms with Gasteiger partial charge in [-0.25, -0.2) is 0 Å². The molecule has 0 saturated heterocycles. The summed E-state index contributed by atoms with van der Waals surface area (Å²) in [6, 6.07) is 19.5. The minimum absolute atomic E-state index is 0.200. The van der Waals surface area contributed by atoms with Crippen LogP contribution in [0.3, 0.4) is 0 Å². The van der Waals surface area contributed by atoms with E-state index in [-0.39, 0.29) is 11.5 Å². The Bertz CT molecular complexity index is 1050. The molecule has 3 aromatic carbocycles. The van der Waals surface area contributed by atoms with Gasteiger partial charge in [-0.05, 0) is 60.7 Å². The van der Waals surface area contributed by atoms with Crippen molar-refractivity contribution in [1.29, 1.82) is 0 Å². The van der Waals surface area contributed by atoms with Crippen LogP contribution in [0.25, 0.3) is 0 Å². The highest BCUT2D eigenvalue weighted by molar-refractivity contribution is 9.10. The molecule has 0 aliphatic carbocycles. The molecule has 0 heterocycles. The standard InChI is InChI=1S/C21H15BrClN3O3/c22-15-9-5-14(6-10-15)20(28)25-26-21(29)17-3-1-2-4-18(17)24-19(27)13-7-11-16(23)12-8-13/h1-12H,(H,24,27)(H,25,28)(H,26,29). The molecule has 0 aliphatic rings. The van der Waals surface area contributed by atoms with Crippen LogP contribution >= 0.6 is 27.5 Å². The topological polar surface area (TPSA) is 87.3 Å². The van der Waals surface area contributed by atoms with Crippen molar-refractivity contribution in [3.8, 4) is 0 Å². The van der Waals surface area contributed by atoms with Crippen LogP contribution in [0.1, 0.15) is 31.1 Å². The first-order valence-corrected chi connectivity index (χ1v) is 9.63. The molecule has 0 spiro atoms. The lowest BCUT2D eigenvalue weighted by Crippen LogP contribution is -2.41. The minimum atomic E-state index is -0.567. The van der Waals surface area contributed by atoms with E-state index in [0.29, 0.717) is 21.8 Å². The van der Waals surface area contributed by atoms with Gasteiger partial charge < -0.3 is 5.32 Å². The number of nitrogens with one attached hydrogen (secondary N) is 3. The third-order valence-corrected chi connectivity index (χ3v) is 4.70. The van der Waals surface area contributed by atoms with Gasteiger partial charge >= 0.3 is 0 Å². The Kier molecular flexibility index (Phi) is 6.64. The van der Waals surface area contributed by atoms with Crippen LogP contribution in [-0.2, 0) is 0 Å². The van der Waals surface area contributed by atoms with E-state index in [9.17, 15) is 14.4 Å². The molecular weight excluding hydrogens is 458 g/mol. The Morgan fingerprint density at radius 2 is 1.24 bits per heavy atom. The number of benzene rings is 3. The van der Waals surface area contributed by atoms with Crippen molar-refractivity contribution in [2.75, 3.05) is 5.32 Å². The predicted octanol–water partition coefficient (Wildman–Crippen LogP) is 4.43. The highest BCUT2D eigenvalue weighted by Gasteiger charge is 2.15. The number of hydrogen-bond donors (Lipinski definition) is 3. The first-order valence-electron chi connectivity index (χ1n) is 8.46. The molecule has 6 nitrogen and oxygen atoms in total. The van der Waals surface area contributed by atoms with Gasteiger partial charge in [0.1, 0.15) is 0 Å². The Balaban J connectivity index is 1.68. The van der Waals surface area contributed by atoms with Gasteiger partial charge in [0.15, 0.2) is 0 Å². The fourth-order valence-corrected chi connectivity index (χ4v) is 2.83. The zero-order valence-electron chi connectivity index (χ0n) is 14.9. The number of hydrogen-bond acceptors (Lipinski definition) is 3. The Morgan fingerprint density at radius 3 is 1.93 bits per heavy atom. The van der Waals surface area contributed by atoms with E-state index in [1.807, 2.05) is 0 Å². The van der Waals surface area contributed by atoms with Crippen LogP contribution in [0.5, 0.6) is 0 Å². The number of carbonyl (C=O) groups is 3. The highest BCUT2D eigenvalue weighted by Crippen LogP contribution is 2.17. The second-order valence-electron chi connectivity index (χ2n) is 5.92. The van der Waals surface area contributed by atoms with Gasteiger partial charge in [-0.3, -0.25) is 25.2 Å². The lowest BCUT2D eigenvalue weighted by Gasteiger charge is -2.12. The highest BCUT2D eigenvalue weighted by atomic mass is 79.9. The monoisotopic (exact) mass is 471 g/mol. The maximum absolute atomic E-state index is 12.5. The van der Waals surface area contributed by atoms with Crippen molar-refractivity contribution in [3.63, 3.8) is 0 Å². The largest absolute Gasteiger partial charge is 0.321 e. The van der Waals surface area contributed by atoms with E-state index < -0.39 is 11.8 Å². The third kappa shape index (κ3) is 5.43. The van der Waals surface area contributed by atoms with Crippen molar-refractivity contribution < 1.29 is 14.4 Å². The summed E-state index contributed by atoms with van der Waals surface area (Å²) < 4.78 is 0.837. The minimum Gasteiger partial charge on any atom is -0.321 e. The molecule has 3 amide bonds. The maximum atomic E-state index is 12.5.